The maximum Gasteiger partial charge on any atom is 0.251 e. The highest BCUT2D eigenvalue weighted by Gasteiger charge is 2.10. The summed E-state index contributed by atoms with van der Waals surface area (Å²) in [7, 11) is 0. The van der Waals surface area contributed by atoms with Crippen LogP contribution in [-0.4, -0.2) is 30.3 Å². The maximum atomic E-state index is 12.1. The van der Waals surface area contributed by atoms with E-state index in [9.17, 15) is 14.4 Å². The van der Waals surface area contributed by atoms with Crippen molar-refractivity contribution >= 4 is 29.1 Å². The van der Waals surface area contributed by atoms with E-state index in [4.69, 9.17) is 5.73 Å². The lowest BCUT2D eigenvalue weighted by molar-refractivity contribution is -0.114. The average molecular weight is 354 g/mol. The molecule has 26 heavy (non-hydrogen) atoms. The molecule has 0 radical (unpaired) electrons. The molecule has 0 spiro atoms. The summed E-state index contributed by atoms with van der Waals surface area (Å²) in [5.41, 5.74) is 7.15. The van der Waals surface area contributed by atoms with Gasteiger partial charge >= 0.3 is 0 Å². The summed E-state index contributed by atoms with van der Waals surface area (Å²) in [5, 5.41) is 8.42. The number of amides is 3. The summed E-state index contributed by atoms with van der Waals surface area (Å²) >= 11 is 0. The molecule has 7 heteroatoms. The van der Waals surface area contributed by atoms with Crippen LogP contribution >= 0.6 is 0 Å². The Morgan fingerprint density at radius 1 is 1.00 bits per heavy atom. The Hall–Kier alpha value is -3.35. The molecule has 0 aliphatic rings. The molecule has 2 aromatic carbocycles. The van der Waals surface area contributed by atoms with Gasteiger partial charge in [-0.3, -0.25) is 14.4 Å². The Morgan fingerprint density at radius 3 is 2.27 bits per heavy atom. The molecule has 0 aliphatic heterocycles. The van der Waals surface area contributed by atoms with Gasteiger partial charge in [-0.2, -0.15) is 0 Å². The van der Waals surface area contributed by atoms with Gasteiger partial charge in [-0.1, -0.05) is 12.1 Å². The van der Waals surface area contributed by atoms with E-state index in [2.05, 4.69) is 16.0 Å². The molecule has 0 aromatic heterocycles. The van der Waals surface area contributed by atoms with Gasteiger partial charge in [0.05, 0.1) is 17.8 Å². The van der Waals surface area contributed by atoms with Gasteiger partial charge in [0.15, 0.2) is 0 Å². The molecule has 0 atom stereocenters. The van der Waals surface area contributed by atoms with Crippen molar-refractivity contribution in [1.82, 2.24) is 5.32 Å². The number of primary amides is 1. The molecule has 136 valence electrons. The van der Waals surface area contributed by atoms with Crippen LogP contribution in [0.5, 0.6) is 0 Å². The lowest BCUT2D eigenvalue weighted by atomic mass is 10.1. The fraction of sp³-hybridized carbons (Fsp3) is 0.211. The summed E-state index contributed by atoms with van der Waals surface area (Å²) in [6.07, 6.45) is 0. The lowest BCUT2D eigenvalue weighted by Gasteiger charge is -2.11. The van der Waals surface area contributed by atoms with Crippen LogP contribution in [-0.2, 0) is 4.79 Å². The monoisotopic (exact) mass is 354 g/mol. The molecule has 2 aromatic rings. The van der Waals surface area contributed by atoms with E-state index in [1.54, 1.807) is 48.5 Å². The molecule has 0 fully saturated rings. The molecule has 7 nitrogen and oxygen atoms in total. The number of carbonyl (C=O) groups excluding carboxylic acids is 3. The normalized spacial score (nSPS) is 10.3. The molecule has 0 unspecified atom stereocenters. The molecule has 3 amide bonds. The van der Waals surface area contributed by atoms with Gasteiger partial charge in [0.25, 0.3) is 11.8 Å². The van der Waals surface area contributed by atoms with Gasteiger partial charge in [-0.25, -0.2) is 0 Å². The van der Waals surface area contributed by atoms with Crippen LogP contribution in [0.4, 0.5) is 11.4 Å². The SMILES string of the molecule is CC(C)NC(=O)c1ccc(NCC(=O)Nc2ccccc2C(N)=O)cc1. The van der Waals surface area contributed by atoms with E-state index in [-0.39, 0.29) is 30.0 Å². The number of benzene rings is 2. The molecule has 0 saturated carbocycles. The molecular formula is C19H22N4O3. The second kappa shape index (κ2) is 8.66. The van der Waals surface area contributed by atoms with Crippen molar-refractivity contribution in [1.29, 1.82) is 0 Å². The third-order valence-electron chi connectivity index (χ3n) is 3.49. The van der Waals surface area contributed by atoms with Crippen molar-refractivity contribution in [3.8, 4) is 0 Å². The van der Waals surface area contributed by atoms with Crippen LogP contribution in [0.25, 0.3) is 0 Å². The van der Waals surface area contributed by atoms with E-state index in [1.165, 1.54) is 0 Å². The van der Waals surface area contributed by atoms with Crippen LogP contribution in [0.2, 0.25) is 0 Å². The maximum absolute atomic E-state index is 12.1. The smallest absolute Gasteiger partial charge is 0.251 e. The van der Waals surface area contributed by atoms with Gasteiger partial charge in [-0.05, 0) is 50.2 Å². The summed E-state index contributed by atoms with van der Waals surface area (Å²) in [5.74, 6) is -1.07. The highest BCUT2D eigenvalue weighted by Crippen LogP contribution is 2.14. The fourth-order valence-corrected chi connectivity index (χ4v) is 2.27. The van der Waals surface area contributed by atoms with E-state index in [0.717, 1.165) is 0 Å². The predicted molar refractivity (Wildman–Crippen MR) is 101 cm³/mol. The Labute approximate surface area is 152 Å². The minimum absolute atomic E-state index is 0.00460. The van der Waals surface area contributed by atoms with Crippen LogP contribution in [0.1, 0.15) is 34.6 Å². The lowest BCUT2D eigenvalue weighted by Crippen LogP contribution is -2.30. The van der Waals surface area contributed by atoms with Crippen molar-refractivity contribution in [3.63, 3.8) is 0 Å². The van der Waals surface area contributed by atoms with E-state index in [1.807, 2.05) is 13.8 Å². The van der Waals surface area contributed by atoms with Crippen molar-refractivity contribution in [2.45, 2.75) is 19.9 Å². The number of hydrogen-bond acceptors (Lipinski definition) is 4. The van der Waals surface area contributed by atoms with Crippen molar-refractivity contribution in [2.24, 2.45) is 5.73 Å². The number of hydrogen-bond donors (Lipinski definition) is 4. The second-order valence-corrected chi connectivity index (χ2v) is 6.02. The average Bonchev–Trinajstić information content (AvgIpc) is 2.60. The first-order chi connectivity index (χ1) is 12.4. The van der Waals surface area contributed by atoms with Gasteiger partial charge in [-0.15, -0.1) is 0 Å². The highest BCUT2D eigenvalue weighted by molar-refractivity contribution is 6.03. The number of rotatable bonds is 7. The number of nitrogens with one attached hydrogen (secondary N) is 3. The van der Waals surface area contributed by atoms with Gasteiger partial charge in [0.1, 0.15) is 0 Å². The largest absolute Gasteiger partial charge is 0.376 e. The third-order valence-corrected chi connectivity index (χ3v) is 3.49. The van der Waals surface area contributed by atoms with Crippen LogP contribution < -0.4 is 21.7 Å². The van der Waals surface area contributed by atoms with Crippen molar-refractivity contribution in [3.05, 3.63) is 59.7 Å². The van der Waals surface area contributed by atoms with Crippen molar-refractivity contribution in [2.75, 3.05) is 17.2 Å². The Balaban J connectivity index is 1.92. The third kappa shape index (κ3) is 5.34. The zero-order chi connectivity index (χ0) is 19.1. The minimum Gasteiger partial charge on any atom is -0.376 e. The van der Waals surface area contributed by atoms with E-state index < -0.39 is 5.91 Å². The zero-order valence-electron chi connectivity index (χ0n) is 14.7. The fourth-order valence-electron chi connectivity index (χ4n) is 2.27. The van der Waals surface area contributed by atoms with Crippen LogP contribution in [0, 0.1) is 0 Å². The number of nitrogens with two attached hydrogens (primary N) is 1. The standard InChI is InChI=1S/C19H22N4O3/c1-12(2)22-19(26)13-7-9-14(10-8-13)21-11-17(24)23-16-6-4-3-5-15(16)18(20)25/h3-10,12,21H,11H2,1-2H3,(H2,20,25)(H,22,26)(H,23,24). The van der Waals surface area contributed by atoms with Crippen LogP contribution in [0.3, 0.4) is 0 Å². The first-order valence-electron chi connectivity index (χ1n) is 8.20. The van der Waals surface area contributed by atoms with Crippen molar-refractivity contribution < 1.29 is 14.4 Å². The highest BCUT2D eigenvalue weighted by atomic mass is 16.2. The summed E-state index contributed by atoms with van der Waals surface area (Å²) in [6, 6.07) is 13.4. The summed E-state index contributed by atoms with van der Waals surface area (Å²) < 4.78 is 0. The zero-order valence-corrected chi connectivity index (χ0v) is 14.7. The topological polar surface area (TPSA) is 113 Å². The summed E-state index contributed by atoms with van der Waals surface area (Å²) in [6.45, 7) is 3.79. The van der Waals surface area contributed by atoms with Gasteiger partial charge in [0.2, 0.25) is 5.91 Å². The second-order valence-electron chi connectivity index (χ2n) is 6.02. The number of para-hydroxylation sites is 1. The van der Waals surface area contributed by atoms with E-state index in [0.29, 0.717) is 16.9 Å². The van der Waals surface area contributed by atoms with Crippen LogP contribution in [0.15, 0.2) is 48.5 Å². The minimum atomic E-state index is -0.607. The molecular weight excluding hydrogens is 332 g/mol. The first kappa shape index (κ1) is 19.0. The first-order valence-corrected chi connectivity index (χ1v) is 8.20. The Morgan fingerprint density at radius 2 is 1.65 bits per heavy atom. The molecule has 5 N–H and O–H groups in total. The molecule has 0 heterocycles. The molecule has 0 bridgehead atoms. The summed E-state index contributed by atoms with van der Waals surface area (Å²) in [4.78, 5) is 35.3. The molecule has 0 saturated heterocycles. The number of carbonyl (C=O) groups is 3. The quantitative estimate of drug-likeness (QED) is 0.609. The Bertz CT molecular complexity index is 801. The Kier molecular flexibility index (Phi) is 6.32. The predicted octanol–water partition coefficient (Wildman–Crippen LogP) is 1.97. The van der Waals surface area contributed by atoms with Gasteiger partial charge < -0.3 is 21.7 Å². The van der Waals surface area contributed by atoms with Gasteiger partial charge in [0, 0.05) is 17.3 Å². The molecule has 2 rings (SSSR count). The molecule has 0 aliphatic carbocycles. The van der Waals surface area contributed by atoms with E-state index >= 15 is 0 Å². The number of anilines is 2.